The number of rotatable bonds is 7. The summed E-state index contributed by atoms with van der Waals surface area (Å²) in [5, 5.41) is 65.6. The van der Waals surface area contributed by atoms with E-state index >= 15 is 0 Å². The van der Waals surface area contributed by atoms with Crippen molar-refractivity contribution in [3.63, 3.8) is 0 Å². The van der Waals surface area contributed by atoms with Gasteiger partial charge in [-0.05, 0) is 41.0 Å². The van der Waals surface area contributed by atoms with Crippen molar-refractivity contribution in [2.45, 2.75) is 58.8 Å². The highest BCUT2D eigenvalue weighted by molar-refractivity contribution is 7.28. The fraction of sp³-hybridized carbons (Fsp3) is 0.394. The first-order valence-corrected chi connectivity index (χ1v) is 19.2. The Bertz CT molecular complexity index is 2080. The molecule has 0 amide bonds. The molecule has 48 heavy (non-hydrogen) atoms. The lowest BCUT2D eigenvalue weighted by atomic mass is 9.83. The Morgan fingerprint density at radius 3 is 1.33 bits per heavy atom. The predicted molar refractivity (Wildman–Crippen MR) is 190 cm³/mol. The Balaban J connectivity index is 1.39. The molecule has 1 atom stereocenters. The molecule has 0 aromatic carbocycles. The standard InChI is InChI=1S/C33H34O10S5/c1-7-33(6,29-19(39)15(35)13(3)45-29)31-23-21(41-9-11-43-23)27(48-31)25-17(37)16(36)24(46-25)26-20-22(42-10-8-40-20)30(47-26)32(4,5)28-18(38)14(34)12(2)44-28/h34-39H,7-11H2,1-6H3. The zero-order chi connectivity index (χ0) is 34.4. The van der Waals surface area contributed by atoms with Gasteiger partial charge in [-0.15, -0.1) is 56.7 Å². The largest absolute Gasteiger partial charge is 0.503 e. The van der Waals surface area contributed by atoms with Crippen LogP contribution in [0.5, 0.6) is 57.5 Å². The van der Waals surface area contributed by atoms with Crippen LogP contribution in [0.2, 0.25) is 0 Å². The molecule has 5 aromatic rings. The zero-order valence-electron chi connectivity index (χ0n) is 26.9. The third-order valence-electron chi connectivity index (χ3n) is 8.97. The van der Waals surface area contributed by atoms with Gasteiger partial charge in [0.05, 0.1) is 39.0 Å². The van der Waals surface area contributed by atoms with Crippen molar-refractivity contribution in [2.75, 3.05) is 26.4 Å². The highest BCUT2D eigenvalue weighted by Crippen LogP contribution is 2.65. The van der Waals surface area contributed by atoms with Gasteiger partial charge in [0.2, 0.25) is 0 Å². The van der Waals surface area contributed by atoms with E-state index in [1.165, 1.54) is 56.7 Å². The third kappa shape index (κ3) is 4.65. The van der Waals surface area contributed by atoms with Gasteiger partial charge in [0.15, 0.2) is 57.5 Å². The minimum atomic E-state index is -0.802. The molecule has 6 N–H and O–H groups in total. The summed E-state index contributed by atoms with van der Waals surface area (Å²) in [6, 6.07) is 0. The third-order valence-corrected chi connectivity index (χ3v) is 16.1. The zero-order valence-corrected chi connectivity index (χ0v) is 31.0. The Morgan fingerprint density at radius 1 is 0.479 bits per heavy atom. The van der Waals surface area contributed by atoms with Gasteiger partial charge in [-0.1, -0.05) is 6.92 Å². The summed E-state index contributed by atoms with van der Waals surface area (Å²) in [5.74, 6) is 0.608. The maximum Gasteiger partial charge on any atom is 0.181 e. The van der Waals surface area contributed by atoms with Gasteiger partial charge in [-0.3, -0.25) is 0 Å². The van der Waals surface area contributed by atoms with E-state index in [2.05, 4.69) is 0 Å². The van der Waals surface area contributed by atoms with Crippen LogP contribution in [0, 0.1) is 13.8 Å². The van der Waals surface area contributed by atoms with Gasteiger partial charge < -0.3 is 49.6 Å². The monoisotopic (exact) mass is 750 g/mol. The summed E-state index contributed by atoms with van der Waals surface area (Å²) in [6.45, 7) is 12.5. The first-order valence-electron chi connectivity index (χ1n) is 15.2. The first kappa shape index (κ1) is 33.0. The van der Waals surface area contributed by atoms with Crippen LogP contribution < -0.4 is 18.9 Å². The van der Waals surface area contributed by atoms with Crippen LogP contribution in [0.15, 0.2) is 0 Å². The van der Waals surface area contributed by atoms with E-state index in [9.17, 15) is 30.6 Å². The molecule has 7 heterocycles. The van der Waals surface area contributed by atoms with E-state index in [1.807, 2.05) is 27.7 Å². The predicted octanol–water partition coefficient (Wildman–Crippen LogP) is 8.76. The smallest absolute Gasteiger partial charge is 0.181 e. The molecule has 0 radical (unpaired) electrons. The maximum atomic E-state index is 11.5. The van der Waals surface area contributed by atoms with Crippen molar-refractivity contribution in [2.24, 2.45) is 0 Å². The second kappa shape index (κ2) is 11.5. The highest BCUT2D eigenvalue weighted by atomic mass is 32.1. The lowest BCUT2D eigenvalue weighted by Gasteiger charge is -2.28. The number of thiophene rings is 5. The molecule has 0 saturated heterocycles. The van der Waals surface area contributed by atoms with Crippen molar-refractivity contribution in [1.82, 2.24) is 0 Å². The van der Waals surface area contributed by atoms with E-state index in [4.69, 9.17) is 18.9 Å². The van der Waals surface area contributed by atoms with Crippen LogP contribution in [0.3, 0.4) is 0 Å². The number of aromatic hydroxyl groups is 6. The molecule has 1 unspecified atom stereocenters. The van der Waals surface area contributed by atoms with E-state index in [-0.39, 0.29) is 34.5 Å². The quantitative estimate of drug-likeness (QED) is 0.0950. The molecule has 2 aliphatic rings. The Kier molecular flexibility index (Phi) is 7.94. The van der Waals surface area contributed by atoms with Gasteiger partial charge in [0.1, 0.15) is 26.4 Å². The molecule has 7 rings (SSSR count). The lowest BCUT2D eigenvalue weighted by molar-refractivity contribution is 0.171. The minimum absolute atomic E-state index is 0.141. The molecule has 10 nitrogen and oxygen atoms in total. The van der Waals surface area contributed by atoms with Crippen molar-refractivity contribution in [3.8, 4) is 77.0 Å². The van der Waals surface area contributed by atoms with Gasteiger partial charge in [-0.25, -0.2) is 0 Å². The number of ether oxygens (including phenoxy) is 4. The van der Waals surface area contributed by atoms with Crippen LogP contribution in [0.4, 0.5) is 0 Å². The molecule has 0 saturated carbocycles. The first-order chi connectivity index (χ1) is 22.7. The molecule has 256 valence electrons. The summed E-state index contributed by atoms with van der Waals surface area (Å²) in [4.78, 5) is 5.74. The summed E-state index contributed by atoms with van der Waals surface area (Å²) >= 11 is 6.48. The maximum absolute atomic E-state index is 11.5. The normalized spacial score (nSPS) is 15.5. The molecule has 0 aliphatic carbocycles. The molecule has 0 bridgehead atoms. The van der Waals surface area contributed by atoms with E-state index in [0.29, 0.717) is 94.9 Å². The van der Waals surface area contributed by atoms with Crippen molar-refractivity contribution in [3.05, 3.63) is 29.3 Å². The Hall–Kier alpha value is -3.50. The molecule has 2 aliphatic heterocycles. The van der Waals surface area contributed by atoms with Gasteiger partial charge in [-0.2, -0.15) is 0 Å². The lowest BCUT2D eigenvalue weighted by Crippen LogP contribution is -2.23. The average molecular weight is 751 g/mol. The topological polar surface area (TPSA) is 158 Å². The summed E-state index contributed by atoms with van der Waals surface area (Å²) in [7, 11) is 0. The number of hydrogen-bond donors (Lipinski definition) is 6. The molecule has 15 heteroatoms. The Morgan fingerprint density at radius 2 is 0.896 bits per heavy atom. The SMILES string of the molecule is CCC(C)(c1sc(C)c(O)c1O)c1sc(-c2sc(-c3sc(C(C)(C)c4sc(C)c(O)c4O)c4c3OCCO4)c(O)c2O)c2c1OCCO2. The fourth-order valence-electron chi connectivity index (χ4n) is 6.07. The molecule has 0 fully saturated rings. The molecular formula is C33H34O10S5. The molecular weight excluding hydrogens is 717 g/mol. The van der Waals surface area contributed by atoms with E-state index in [0.717, 1.165) is 9.75 Å². The van der Waals surface area contributed by atoms with Crippen LogP contribution in [-0.2, 0) is 10.8 Å². The van der Waals surface area contributed by atoms with E-state index < -0.39 is 10.8 Å². The Labute approximate surface area is 296 Å². The number of hydrogen-bond acceptors (Lipinski definition) is 15. The van der Waals surface area contributed by atoms with Gasteiger partial charge in [0, 0.05) is 20.6 Å². The second-order valence-corrected chi connectivity index (χ2v) is 17.9. The van der Waals surface area contributed by atoms with Crippen LogP contribution in [-0.4, -0.2) is 57.1 Å². The summed E-state index contributed by atoms with van der Waals surface area (Å²) in [6.07, 6.45) is 0.566. The van der Waals surface area contributed by atoms with Crippen molar-refractivity contribution >= 4 is 56.7 Å². The van der Waals surface area contributed by atoms with Crippen molar-refractivity contribution < 1.29 is 49.6 Å². The van der Waals surface area contributed by atoms with Crippen LogP contribution in [0.25, 0.3) is 19.5 Å². The van der Waals surface area contributed by atoms with Crippen molar-refractivity contribution in [1.29, 1.82) is 0 Å². The number of fused-ring (bicyclic) bond motifs is 2. The summed E-state index contributed by atoms with van der Waals surface area (Å²) in [5.41, 5.74) is -1.56. The number of aryl methyl sites for hydroxylation is 2. The summed E-state index contributed by atoms with van der Waals surface area (Å²) < 4.78 is 24.6. The van der Waals surface area contributed by atoms with Crippen LogP contribution >= 0.6 is 56.7 Å². The second-order valence-electron chi connectivity index (χ2n) is 12.4. The van der Waals surface area contributed by atoms with Crippen LogP contribution in [0.1, 0.15) is 63.4 Å². The molecule has 0 spiro atoms. The molecule has 5 aromatic heterocycles. The van der Waals surface area contributed by atoms with E-state index in [1.54, 1.807) is 13.8 Å². The average Bonchev–Trinajstić information content (AvgIpc) is 3.86. The van der Waals surface area contributed by atoms with Gasteiger partial charge >= 0.3 is 0 Å². The minimum Gasteiger partial charge on any atom is -0.503 e. The fourth-order valence-corrected chi connectivity index (χ4v) is 12.5. The van der Waals surface area contributed by atoms with Gasteiger partial charge in [0.25, 0.3) is 0 Å². The highest BCUT2D eigenvalue weighted by Gasteiger charge is 2.43.